The summed E-state index contributed by atoms with van der Waals surface area (Å²) >= 11 is 0. The van der Waals surface area contributed by atoms with Gasteiger partial charge in [0.25, 0.3) is 11.7 Å². The Bertz CT molecular complexity index is 1370. The van der Waals surface area contributed by atoms with Gasteiger partial charge in [-0.3, -0.25) is 14.5 Å². The number of ether oxygens (including phenoxy) is 3. The van der Waals surface area contributed by atoms with Gasteiger partial charge in [0.05, 0.1) is 30.9 Å². The molecule has 3 aromatic rings. The molecule has 1 atom stereocenters. The van der Waals surface area contributed by atoms with Crippen LogP contribution in [0, 0.1) is 0 Å². The van der Waals surface area contributed by atoms with E-state index in [0.29, 0.717) is 41.5 Å². The van der Waals surface area contributed by atoms with Crippen molar-refractivity contribution >= 4 is 23.1 Å². The molecule has 0 aliphatic carbocycles. The van der Waals surface area contributed by atoms with E-state index in [0.717, 1.165) is 24.2 Å². The largest absolute Gasteiger partial charge is 0.507 e. The van der Waals surface area contributed by atoms with E-state index >= 15 is 0 Å². The third-order valence-electron chi connectivity index (χ3n) is 6.62. The van der Waals surface area contributed by atoms with Crippen molar-refractivity contribution in [1.82, 2.24) is 0 Å². The summed E-state index contributed by atoms with van der Waals surface area (Å²) in [5.74, 6) is 0.465. The number of anilines is 1. The van der Waals surface area contributed by atoms with E-state index in [2.05, 4.69) is 0 Å². The van der Waals surface area contributed by atoms with Gasteiger partial charge in [-0.05, 0) is 99.3 Å². The molecule has 1 saturated heterocycles. The van der Waals surface area contributed by atoms with Crippen LogP contribution < -0.4 is 19.1 Å². The lowest BCUT2D eigenvalue weighted by atomic mass is 9.93. The quantitative estimate of drug-likeness (QED) is 0.243. The van der Waals surface area contributed by atoms with Crippen LogP contribution in [-0.4, -0.2) is 36.1 Å². The molecule has 2 heterocycles. The van der Waals surface area contributed by atoms with E-state index in [1.54, 1.807) is 36.4 Å². The van der Waals surface area contributed by atoms with Crippen molar-refractivity contribution < 1.29 is 28.9 Å². The van der Waals surface area contributed by atoms with Crippen LogP contribution >= 0.6 is 0 Å². The topological polar surface area (TPSA) is 85.3 Å². The summed E-state index contributed by atoms with van der Waals surface area (Å²) in [6, 6.07) is 18.8. The maximum absolute atomic E-state index is 13.5. The average molecular weight is 514 g/mol. The first-order valence-corrected chi connectivity index (χ1v) is 12.9. The first-order valence-electron chi connectivity index (χ1n) is 12.9. The molecule has 0 saturated carbocycles. The predicted octanol–water partition coefficient (Wildman–Crippen LogP) is 5.82. The minimum absolute atomic E-state index is 0.00308. The van der Waals surface area contributed by atoms with E-state index in [9.17, 15) is 14.7 Å². The maximum atomic E-state index is 13.5. The van der Waals surface area contributed by atoms with Crippen LogP contribution in [0.5, 0.6) is 17.2 Å². The summed E-state index contributed by atoms with van der Waals surface area (Å²) in [7, 11) is 0. The van der Waals surface area contributed by atoms with E-state index in [4.69, 9.17) is 14.2 Å². The van der Waals surface area contributed by atoms with Gasteiger partial charge in [0, 0.05) is 11.3 Å². The molecular formula is C31H31NO6. The molecule has 2 aliphatic heterocycles. The Balaban J connectivity index is 1.62. The molecule has 3 aromatic carbocycles. The standard InChI is InChI=1S/C31H31NO6/c1-4-36-24-14-10-23(11-15-24)32-28(20-7-12-25(13-8-20)38-19(2)3)27(30(34)31(32)35)29(33)22-9-16-26-21(18-22)6-5-17-37-26/h7-16,18-19,28,33H,4-6,17H2,1-3H3/b29-27-. The van der Waals surface area contributed by atoms with Gasteiger partial charge in [-0.1, -0.05) is 12.1 Å². The Morgan fingerprint density at radius 3 is 2.42 bits per heavy atom. The molecule has 1 N–H and O–H groups in total. The number of rotatable bonds is 7. The highest BCUT2D eigenvalue weighted by Gasteiger charge is 2.47. The molecule has 1 amide bonds. The number of hydrogen-bond acceptors (Lipinski definition) is 6. The van der Waals surface area contributed by atoms with Crippen molar-refractivity contribution in [2.75, 3.05) is 18.1 Å². The number of aryl methyl sites for hydroxylation is 1. The summed E-state index contributed by atoms with van der Waals surface area (Å²) in [6.07, 6.45) is 1.70. The minimum Gasteiger partial charge on any atom is -0.507 e. The Hall–Kier alpha value is -4.26. The zero-order chi connectivity index (χ0) is 26.8. The lowest BCUT2D eigenvalue weighted by Gasteiger charge is -2.26. The number of Topliss-reactive ketones (excluding diaryl/α,β-unsaturated/α-hetero) is 1. The van der Waals surface area contributed by atoms with Crippen LogP contribution in [0.2, 0.25) is 0 Å². The van der Waals surface area contributed by atoms with Gasteiger partial charge in [-0.25, -0.2) is 0 Å². The van der Waals surface area contributed by atoms with Crippen LogP contribution in [-0.2, 0) is 16.0 Å². The maximum Gasteiger partial charge on any atom is 0.300 e. The van der Waals surface area contributed by atoms with Crippen LogP contribution in [0.3, 0.4) is 0 Å². The number of nitrogens with zero attached hydrogens (tertiary/aromatic N) is 1. The molecular weight excluding hydrogens is 482 g/mol. The van der Waals surface area contributed by atoms with Gasteiger partial charge in [0.15, 0.2) is 0 Å². The van der Waals surface area contributed by atoms with Crippen molar-refractivity contribution in [3.05, 3.63) is 89.0 Å². The van der Waals surface area contributed by atoms with Gasteiger partial charge < -0.3 is 19.3 Å². The van der Waals surface area contributed by atoms with Crippen molar-refractivity contribution in [3.63, 3.8) is 0 Å². The fourth-order valence-corrected chi connectivity index (χ4v) is 4.95. The van der Waals surface area contributed by atoms with Gasteiger partial charge >= 0.3 is 0 Å². The van der Waals surface area contributed by atoms with Gasteiger partial charge in [-0.15, -0.1) is 0 Å². The molecule has 7 nitrogen and oxygen atoms in total. The van der Waals surface area contributed by atoms with Gasteiger partial charge in [0.2, 0.25) is 0 Å². The SMILES string of the molecule is CCOc1ccc(N2C(=O)C(=O)/C(=C(\O)c3ccc4c(c3)CCCO4)C2c2ccc(OC(C)C)cc2)cc1. The van der Waals surface area contributed by atoms with E-state index in [-0.39, 0.29) is 17.4 Å². The molecule has 0 bridgehead atoms. The molecule has 196 valence electrons. The molecule has 0 aromatic heterocycles. The van der Waals surface area contributed by atoms with Crippen molar-refractivity contribution in [1.29, 1.82) is 0 Å². The second-order valence-electron chi connectivity index (χ2n) is 9.61. The van der Waals surface area contributed by atoms with Crippen LogP contribution in [0.1, 0.15) is 49.9 Å². The first-order chi connectivity index (χ1) is 18.4. The lowest BCUT2D eigenvalue weighted by Crippen LogP contribution is -2.29. The molecule has 0 spiro atoms. The Kier molecular flexibility index (Phi) is 7.09. The molecule has 38 heavy (non-hydrogen) atoms. The van der Waals surface area contributed by atoms with Gasteiger partial charge in [-0.2, -0.15) is 0 Å². The zero-order valence-corrected chi connectivity index (χ0v) is 21.8. The number of aliphatic hydroxyl groups excluding tert-OH is 1. The zero-order valence-electron chi connectivity index (χ0n) is 21.8. The molecule has 1 fully saturated rings. The number of benzene rings is 3. The Morgan fingerprint density at radius 1 is 1.03 bits per heavy atom. The van der Waals surface area contributed by atoms with Crippen LogP contribution in [0.25, 0.3) is 5.76 Å². The first kappa shape index (κ1) is 25.4. The smallest absolute Gasteiger partial charge is 0.300 e. The number of carbonyl (C=O) groups excluding carboxylic acids is 2. The van der Waals surface area contributed by atoms with Crippen molar-refractivity contribution in [3.8, 4) is 17.2 Å². The molecule has 2 aliphatic rings. The van der Waals surface area contributed by atoms with Gasteiger partial charge in [0.1, 0.15) is 23.0 Å². The number of amides is 1. The molecule has 7 heteroatoms. The van der Waals surface area contributed by atoms with E-state index in [1.165, 1.54) is 4.90 Å². The summed E-state index contributed by atoms with van der Waals surface area (Å²) in [5, 5.41) is 11.5. The monoisotopic (exact) mass is 513 g/mol. The minimum atomic E-state index is -0.826. The fraction of sp³-hybridized carbons (Fsp3) is 0.290. The number of ketones is 1. The van der Waals surface area contributed by atoms with Crippen molar-refractivity contribution in [2.45, 2.75) is 45.8 Å². The van der Waals surface area contributed by atoms with E-state index < -0.39 is 17.7 Å². The summed E-state index contributed by atoms with van der Waals surface area (Å²) < 4.78 is 17.0. The summed E-state index contributed by atoms with van der Waals surface area (Å²) in [4.78, 5) is 28.4. The fourth-order valence-electron chi connectivity index (χ4n) is 4.95. The predicted molar refractivity (Wildman–Crippen MR) is 145 cm³/mol. The third-order valence-corrected chi connectivity index (χ3v) is 6.62. The second-order valence-corrected chi connectivity index (χ2v) is 9.61. The number of fused-ring (bicyclic) bond motifs is 1. The number of carbonyl (C=O) groups is 2. The molecule has 1 unspecified atom stereocenters. The van der Waals surface area contributed by atoms with E-state index in [1.807, 2.05) is 51.1 Å². The third kappa shape index (κ3) is 4.84. The van der Waals surface area contributed by atoms with Crippen LogP contribution in [0.4, 0.5) is 5.69 Å². The molecule has 0 radical (unpaired) electrons. The van der Waals surface area contributed by atoms with Crippen LogP contribution in [0.15, 0.2) is 72.3 Å². The Morgan fingerprint density at radius 2 is 1.74 bits per heavy atom. The highest BCUT2D eigenvalue weighted by Crippen LogP contribution is 2.43. The number of aliphatic hydroxyl groups is 1. The normalized spacial score (nSPS) is 18.3. The highest BCUT2D eigenvalue weighted by atomic mass is 16.5. The Labute approximate surface area is 222 Å². The highest BCUT2D eigenvalue weighted by molar-refractivity contribution is 6.51. The second kappa shape index (κ2) is 10.6. The molecule has 5 rings (SSSR count). The number of hydrogen-bond donors (Lipinski definition) is 1. The summed E-state index contributed by atoms with van der Waals surface area (Å²) in [5.41, 5.74) is 2.69. The average Bonchev–Trinajstić information content (AvgIpc) is 3.19. The summed E-state index contributed by atoms with van der Waals surface area (Å²) in [6.45, 7) is 6.95. The lowest BCUT2D eigenvalue weighted by molar-refractivity contribution is -0.132. The van der Waals surface area contributed by atoms with Crippen molar-refractivity contribution in [2.24, 2.45) is 0 Å².